The molecule has 5 aliphatic rings. The molecule has 0 spiro atoms. The highest BCUT2D eigenvalue weighted by molar-refractivity contribution is 6.26. The minimum absolute atomic E-state index is 0.0646. The van der Waals surface area contributed by atoms with E-state index in [1.54, 1.807) is 24.3 Å². The van der Waals surface area contributed by atoms with Gasteiger partial charge < -0.3 is 10.1 Å². The predicted molar refractivity (Wildman–Crippen MR) is 168 cm³/mol. The van der Waals surface area contributed by atoms with E-state index >= 15 is 0 Å². The molecule has 254 valence electrons. The molecular weight excluding hydrogens is 638 g/mol. The van der Waals surface area contributed by atoms with Crippen LogP contribution in [0.15, 0.2) is 36.4 Å². The molecule has 3 N–H and O–H groups in total. The number of hydrogen-bond acceptors (Lipinski definition) is 10. The van der Waals surface area contributed by atoms with Crippen LogP contribution in [-0.2, 0) is 24.0 Å². The Morgan fingerprint density at radius 1 is 0.673 bits per heavy atom. The van der Waals surface area contributed by atoms with E-state index in [1.807, 2.05) is 0 Å². The number of amides is 9. The summed E-state index contributed by atoms with van der Waals surface area (Å²) in [5.41, 5.74) is 0.942. The van der Waals surface area contributed by atoms with Gasteiger partial charge in [-0.05, 0) is 49.9 Å². The van der Waals surface area contributed by atoms with E-state index in [-0.39, 0.29) is 59.8 Å². The minimum Gasteiger partial charge on any atom is -0.496 e. The maximum Gasteiger partial charge on any atom is 0.266 e. The molecular formula is C34H33N5O10. The lowest BCUT2D eigenvalue weighted by molar-refractivity contribution is -0.137. The third kappa shape index (κ3) is 6.07. The summed E-state index contributed by atoms with van der Waals surface area (Å²) >= 11 is 0. The Morgan fingerprint density at radius 2 is 1.18 bits per heavy atom. The number of nitrogens with zero attached hydrogens (tertiary/aromatic N) is 2. The minimum atomic E-state index is -1.02. The van der Waals surface area contributed by atoms with Crippen LogP contribution in [0.3, 0.4) is 0 Å². The number of piperidine rings is 2. The van der Waals surface area contributed by atoms with Gasteiger partial charge in [-0.3, -0.25) is 63.6 Å². The van der Waals surface area contributed by atoms with Crippen molar-refractivity contribution >= 4 is 58.9 Å². The largest absolute Gasteiger partial charge is 0.496 e. The van der Waals surface area contributed by atoms with Crippen molar-refractivity contribution in [3.05, 3.63) is 58.7 Å². The fourth-order valence-corrected chi connectivity index (χ4v) is 6.87. The van der Waals surface area contributed by atoms with Crippen molar-refractivity contribution < 1.29 is 47.9 Å². The Morgan fingerprint density at radius 3 is 1.71 bits per heavy atom. The van der Waals surface area contributed by atoms with Crippen LogP contribution < -0.4 is 20.7 Å². The summed E-state index contributed by atoms with van der Waals surface area (Å²) in [5.74, 6) is -4.35. The highest BCUT2D eigenvalue weighted by Crippen LogP contribution is 2.35. The zero-order valence-electron chi connectivity index (χ0n) is 26.5. The van der Waals surface area contributed by atoms with Gasteiger partial charge in [-0.2, -0.15) is 0 Å². The topological polar surface area (TPSA) is 205 Å². The summed E-state index contributed by atoms with van der Waals surface area (Å²) in [6, 6.07) is 7.44. The standard InChI is InChI=1S/C20H21N3O5.C14H12N2O5/c24-15-10-9-14(18(26)22-15)23-19(27)12-7-4-8-13(16(12)20(23)28)21-17(25)11-5-2-1-3-6-11;1-21-9-4-2-3-7-11(9)14(20)16(13(7)19)8-5-6-10(17)15-12(8)18/h4,7-8,11,14H,1-3,5-6,9-10H2,(H,21,25)(H,22,24,26);2-4,8H,5-6H2,1H3,(H,15,17,18). The summed E-state index contributed by atoms with van der Waals surface area (Å²) in [6.45, 7) is 0. The van der Waals surface area contributed by atoms with Gasteiger partial charge >= 0.3 is 0 Å². The Balaban J connectivity index is 0.000000177. The molecule has 2 atom stereocenters. The SMILES string of the molecule is COc1cccc2c1C(=O)N(C1CCC(=O)NC1=O)C2=O.O=C1CCC(N2C(=O)c3cccc(NC(=O)C4CCCCC4)c3C2=O)C(=O)N1. The number of carbonyl (C=O) groups excluding carboxylic acids is 9. The molecule has 2 saturated heterocycles. The van der Waals surface area contributed by atoms with Gasteiger partial charge in [-0.15, -0.1) is 0 Å². The summed E-state index contributed by atoms with van der Waals surface area (Å²) < 4.78 is 5.10. The van der Waals surface area contributed by atoms with Crippen LogP contribution in [0, 0.1) is 5.92 Å². The lowest BCUT2D eigenvalue weighted by Crippen LogP contribution is -2.54. The fourth-order valence-electron chi connectivity index (χ4n) is 6.87. The number of benzene rings is 2. The van der Waals surface area contributed by atoms with Crippen LogP contribution in [0.5, 0.6) is 5.75 Å². The van der Waals surface area contributed by atoms with Crippen molar-refractivity contribution in [1.29, 1.82) is 0 Å². The lowest BCUT2D eigenvalue weighted by atomic mass is 9.88. The number of fused-ring (bicyclic) bond motifs is 2. The van der Waals surface area contributed by atoms with Crippen LogP contribution >= 0.6 is 0 Å². The Hall–Kier alpha value is -5.73. The summed E-state index contributed by atoms with van der Waals surface area (Å²) in [4.78, 5) is 112. The monoisotopic (exact) mass is 671 g/mol. The number of ether oxygens (including phenoxy) is 1. The first kappa shape index (κ1) is 33.2. The van der Waals surface area contributed by atoms with E-state index in [4.69, 9.17) is 4.74 Å². The van der Waals surface area contributed by atoms with Gasteiger partial charge in [0.1, 0.15) is 17.8 Å². The van der Waals surface area contributed by atoms with Crippen LogP contribution in [-0.4, -0.2) is 82.2 Å². The molecule has 2 unspecified atom stereocenters. The van der Waals surface area contributed by atoms with Crippen LogP contribution in [0.25, 0.3) is 0 Å². The maximum absolute atomic E-state index is 13.0. The molecule has 15 nitrogen and oxygen atoms in total. The molecule has 9 amide bonds. The number of hydrogen-bond donors (Lipinski definition) is 3. The normalized spacial score (nSPS) is 22.2. The molecule has 2 aromatic carbocycles. The van der Waals surface area contributed by atoms with E-state index in [0.717, 1.165) is 41.9 Å². The van der Waals surface area contributed by atoms with E-state index in [0.29, 0.717) is 11.4 Å². The van der Waals surface area contributed by atoms with Gasteiger partial charge in [0.25, 0.3) is 23.6 Å². The first-order valence-corrected chi connectivity index (χ1v) is 16.1. The average Bonchev–Trinajstić information content (AvgIpc) is 3.50. The van der Waals surface area contributed by atoms with Gasteiger partial charge in [-0.1, -0.05) is 31.4 Å². The van der Waals surface area contributed by atoms with Crippen LogP contribution in [0.1, 0.15) is 99.2 Å². The smallest absolute Gasteiger partial charge is 0.266 e. The molecule has 15 heteroatoms. The first-order valence-electron chi connectivity index (χ1n) is 16.1. The van der Waals surface area contributed by atoms with Crippen molar-refractivity contribution in [3.8, 4) is 5.75 Å². The molecule has 4 heterocycles. The zero-order chi connectivity index (χ0) is 35.0. The Kier molecular flexibility index (Phi) is 9.08. The number of carbonyl (C=O) groups is 9. The molecule has 0 radical (unpaired) electrons. The number of imide groups is 4. The van der Waals surface area contributed by atoms with Gasteiger partial charge in [0.15, 0.2) is 0 Å². The lowest BCUT2D eigenvalue weighted by Gasteiger charge is -2.27. The third-order valence-electron chi connectivity index (χ3n) is 9.35. The van der Waals surface area contributed by atoms with Crippen molar-refractivity contribution in [2.75, 3.05) is 12.4 Å². The number of nitrogens with one attached hydrogen (secondary N) is 3. The number of methoxy groups -OCH3 is 1. The van der Waals surface area contributed by atoms with Gasteiger partial charge in [-0.25, -0.2) is 0 Å². The Labute approximate surface area is 279 Å². The Bertz CT molecular complexity index is 1830. The van der Waals surface area contributed by atoms with Gasteiger partial charge in [0.05, 0.1) is 35.1 Å². The molecule has 4 aliphatic heterocycles. The fraction of sp³-hybridized carbons (Fsp3) is 0.382. The van der Waals surface area contributed by atoms with Crippen molar-refractivity contribution in [2.24, 2.45) is 5.92 Å². The second-order valence-corrected chi connectivity index (χ2v) is 12.3. The molecule has 49 heavy (non-hydrogen) atoms. The third-order valence-corrected chi connectivity index (χ3v) is 9.35. The molecule has 1 aliphatic carbocycles. The van der Waals surface area contributed by atoms with Crippen molar-refractivity contribution in [1.82, 2.24) is 20.4 Å². The molecule has 2 aromatic rings. The average molecular weight is 672 g/mol. The predicted octanol–water partition coefficient (Wildman–Crippen LogP) is 1.70. The summed E-state index contributed by atoms with van der Waals surface area (Å²) in [5, 5.41) is 7.13. The van der Waals surface area contributed by atoms with Crippen molar-refractivity contribution in [3.63, 3.8) is 0 Å². The molecule has 0 aromatic heterocycles. The van der Waals surface area contributed by atoms with Crippen LogP contribution in [0.2, 0.25) is 0 Å². The highest BCUT2D eigenvalue weighted by Gasteiger charge is 2.47. The molecule has 7 rings (SSSR count). The van der Waals surface area contributed by atoms with Gasteiger partial charge in [0.2, 0.25) is 29.5 Å². The highest BCUT2D eigenvalue weighted by atomic mass is 16.5. The quantitative estimate of drug-likeness (QED) is 0.392. The van der Waals surface area contributed by atoms with E-state index in [2.05, 4.69) is 16.0 Å². The second-order valence-electron chi connectivity index (χ2n) is 12.3. The van der Waals surface area contributed by atoms with Crippen LogP contribution in [0.4, 0.5) is 5.69 Å². The molecule has 3 fully saturated rings. The number of rotatable bonds is 5. The first-order chi connectivity index (χ1) is 23.5. The maximum atomic E-state index is 13.0. The zero-order valence-corrected chi connectivity index (χ0v) is 26.5. The van der Waals surface area contributed by atoms with Gasteiger partial charge in [0, 0.05) is 18.8 Å². The second kappa shape index (κ2) is 13.4. The molecule has 0 bridgehead atoms. The van der Waals surface area contributed by atoms with E-state index in [9.17, 15) is 43.2 Å². The van der Waals surface area contributed by atoms with E-state index < -0.39 is 59.3 Å². The summed E-state index contributed by atoms with van der Waals surface area (Å²) in [6.07, 6.45) is 5.16. The molecule has 1 saturated carbocycles. The summed E-state index contributed by atoms with van der Waals surface area (Å²) in [7, 11) is 1.40. The van der Waals surface area contributed by atoms with E-state index in [1.165, 1.54) is 19.2 Å². The number of anilines is 1. The van der Waals surface area contributed by atoms with Crippen molar-refractivity contribution in [2.45, 2.75) is 69.9 Å².